The fourth-order valence-corrected chi connectivity index (χ4v) is 3.15. The van der Waals surface area contributed by atoms with Gasteiger partial charge in [-0.2, -0.15) is 0 Å². The number of nitro benzene ring substituents is 1. The van der Waals surface area contributed by atoms with Gasteiger partial charge < -0.3 is 15.2 Å². The highest BCUT2D eigenvalue weighted by molar-refractivity contribution is 5.95. The zero-order valence-electron chi connectivity index (χ0n) is 14.2. The van der Waals surface area contributed by atoms with Crippen LogP contribution in [-0.4, -0.2) is 35.2 Å². The lowest BCUT2D eigenvalue weighted by molar-refractivity contribution is -0.385. The van der Waals surface area contributed by atoms with Crippen molar-refractivity contribution in [3.05, 3.63) is 33.9 Å². The molecule has 2 atom stereocenters. The fourth-order valence-electron chi connectivity index (χ4n) is 3.15. The van der Waals surface area contributed by atoms with Crippen molar-refractivity contribution in [2.24, 2.45) is 11.3 Å². The van der Waals surface area contributed by atoms with E-state index in [2.05, 4.69) is 26.1 Å². The molecule has 1 aliphatic heterocycles. The predicted molar refractivity (Wildman–Crippen MR) is 89.0 cm³/mol. The quantitative estimate of drug-likeness (QED) is 0.650. The highest BCUT2D eigenvalue weighted by atomic mass is 16.6. The lowest BCUT2D eigenvalue weighted by atomic mass is 9.78. The Morgan fingerprint density at radius 1 is 1.46 bits per heavy atom. The maximum absolute atomic E-state index is 12.3. The van der Waals surface area contributed by atoms with Crippen LogP contribution in [0.1, 0.15) is 44.0 Å². The lowest BCUT2D eigenvalue weighted by Crippen LogP contribution is -2.45. The fraction of sp³-hybridized carbons (Fsp3) is 0.588. The Kier molecular flexibility index (Phi) is 5.43. The van der Waals surface area contributed by atoms with Gasteiger partial charge in [0.25, 0.3) is 5.91 Å². The van der Waals surface area contributed by atoms with Gasteiger partial charge in [0.1, 0.15) is 0 Å². The Balaban J connectivity index is 2.04. The first kappa shape index (κ1) is 18.2. The van der Waals surface area contributed by atoms with E-state index in [9.17, 15) is 20.0 Å². The molecule has 7 heteroatoms. The topological polar surface area (TPSA) is 102 Å². The van der Waals surface area contributed by atoms with Crippen LogP contribution in [0.2, 0.25) is 0 Å². The molecule has 1 aromatic rings. The van der Waals surface area contributed by atoms with Crippen LogP contribution >= 0.6 is 0 Å². The van der Waals surface area contributed by atoms with Crippen LogP contribution < -0.4 is 5.32 Å². The number of aromatic hydroxyl groups is 1. The second-order valence-electron chi connectivity index (χ2n) is 7.23. The molecule has 1 aliphatic rings. The Hall–Kier alpha value is -2.15. The van der Waals surface area contributed by atoms with Crippen LogP contribution in [0.5, 0.6) is 5.75 Å². The van der Waals surface area contributed by atoms with Gasteiger partial charge in [-0.3, -0.25) is 14.9 Å². The van der Waals surface area contributed by atoms with E-state index in [4.69, 9.17) is 4.74 Å². The van der Waals surface area contributed by atoms with Crippen LogP contribution in [0, 0.1) is 21.4 Å². The summed E-state index contributed by atoms with van der Waals surface area (Å²) in [6.45, 7) is 7.52. The molecule has 0 saturated carbocycles. The van der Waals surface area contributed by atoms with E-state index in [1.54, 1.807) is 0 Å². The number of nitrogens with one attached hydrogen (secondary N) is 1. The van der Waals surface area contributed by atoms with Crippen LogP contribution in [0.25, 0.3) is 0 Å². The second-order valence-corrected chi connectivity index (χ2v) is 7.23. The number of hydrogen-bond donors (Lipinski definition) is 2. The SMILES string of the molecule is CC(C)(C)[C@H]1OCCC[C@@H]1CNC(=O)c1ccc(O)c([N+](=O)[O-])c1. The third-order valence-corrected chi connectivity index (χ3v) is 4.26. The van der Waals surface area contributed by atoms with Gasteiger partial charge in [0.2, 0.25) is 0 Å². The molecule has 1 heterocycles. The summed E-state index contributed by atoms with van der Waals surface area (Å²) < 4.78 is 5.89. The minimum absolute atomic E-state index is 0.0207. The maximum Gasteiger partial charge on any atom is 0.311 e. The zero-order chi connectivity index (χ0) is 17.9. The number of carbonyl (C=O) groups is 1. The number of benzene rings is 1. The van der Waals surface area contributed by atoms with E-state index in [0.717, 1.165) is 31.6 Å². The number of carbonyl (C=O) groups excluding carboxylic acids is 1. The summed E-state index contributed by atoms with van der Waals surface area (Å²) in [5.41, 5.74) is -0.340. The van der Waals surface area contributed by atoms with Gasteiger partial charge in [0, 0.05) is 30.7 Å². The minimum Gasteiger partial charge on any atom is -0.502 e. The monoisotopic (exact) mass is 336 g/mol. The van der Waals surface area contributed by atoms with Crippen molar-refractivity contribution < 1.29 is 19.6 Å². The number of rotatable bonds is 4. The minimum atomic E-state index is -0.712. The van der Waals surface area contributed by atoms with Gasteiger partial charge in [-0.15, -0.1) is 0 Å². The molecule has 24 heavy (non-hydrogen) atoms. The average molecular weight is 336 g/mol. The molecule has 1 amide bonds. The summed E-state index contributed by atoms with van der Waals surface area (Å²) >= 11 is 0. The molecule has 0 unspecified atom stereocenters. The maximum atomic E-state index is 12.3. The van der Waals surface area contributed by atoms with Gasteiger partial charge >= 0.3 is 5.69 Å². The number of nitrogens with zero attached hydrogens (tertiary/aromatic N) is 1. The largest absolute Gasteiger partial charge is 0.502 e. The Bertz CT molecular complexity index is 624. The Labute approximate surface area is 141 Å². The first-order chi connectivity index (χ1) is 11.2. The van der Waals surface area contributed by atoms with Gasteiger partial charge in [-0.05, 0) is 30.4 Å². The first-order valence-electron chi connectivity index (χ1n) is 8.07. The number of nitro groups is 1. The van der Waals surface area contributed by atoms with Crippen LogP contribution in [0.3, 0.4) is 0 Å². The van der Waals surface area contributed by atoms with Crippen LogP contribution in [0.4, 0.5) is 5.69 Å². The van der Waals surface area contributed by atoms with E-state index in [1.807, 2.05) is 0 Å². The van der Waals surface area contributed by atoms with Crippen molar-refractivity contribution in [3.63, 3.8) is 0 Å². The van der Waals surface area contributed by atoms with E-state index in [1.165, 1.54) is 6.07 Å². The summed E-state index contributed by atoms with van der Waals surface area (Å²) in [5, 5.41) is 23.1. The smallest absolute Gasteiger partial charge is 0.311 e. The van der Waals surface area contributed by atoms with Gasteiger partial charge in [-0.25, -0.2) is 0 Å². The van der Waals surface area contributed by atoms with E-state index >= 15 is 0 Å². The van der Waals surface area contributed by atoms with Crippen LogP contribution in [-0.2, 0) is 4.74 Å². The number of ether oxygens (including phenoxy) is 1. The van der Waals surface area contributed by atoms with Crippen molar-refractivity contribution >= 4 is 11.6 Å². The van der Waals surface area contributed by atoms with Crippen LogP contribution in [0.15, 0.2) is 18.2 Å². The highest BCUT2D eigenvalue weighted by Crippen LogP contribution is 2.33. The molecule has 1 fully saturated rings. The predicted octanol–water partition coefficient (Wildman–Crippen LogP) is 2.87. The summed E-state index contributed by atoms with van der Waals surface area (Å²) in [4.78, 5) is 22.4. The highest BCUT2D eigenvalue weighted by Gasteiger charge is 2.35. The standard InChI is InChI=1S/C17H24N2O5/c1-17(2,3)15-12(5-4-8-24-15)10-18-16(21)11-6-7-14(20)13(9-11)19(22)23/h6-7,9,12,15,20H,4-5,8,10H2,1-3H3,(H,18,21)/t12-,15+/m1/s1. The molecular formula is C17H24N2O5. The molecule has 7 nitrogen and oxygen atoms in total. The van der Waals surface area contributed by atoms with Gasteiger partial charge in [0.15, 0.2) is 5.75 Å². The van der Waals surface area contributed by atoms with Crippen molar-refractivity contribution in [1.29, 1.82) is 0 Å². The Morgan fingerprint density at radius 3 is 2.79 bits per heavy atom. The molecule has 0 bridgehead atoms. The number of phenols is 1. The van der Waals surface area contributed by atoms with E-state index < -0.39 is 22.3 Å². The number of hydrogen-bond acceptors (Lipinski definition) is 5. The molecule has 0 aliphatic carbocycles. The molecule has 1 saturated heterocycles. The first-order valence-corrected chi connectivity index (χ1v) is 8.07. The normalized spacial score (nSPS) is 21.3. The zero-order valence-corrected chi connectivity index (χ0v) is 14.2. The molecule has 2 N–H and O–H groups in total. The Morgan fingerprint density at radius 2 is 2.17 bits per heavy atom. The number of amides is 1. The molecular weight excluding hydrogens is 312 g/mol. The van der Waals surface area contributed by atoms with Gasteiger partial charge in [-0.1, -0.05) is 20.8 Å². The lowest BCUT2D eigenvalue weighted by Gasteiger charge is -2.40. The average Bonchev–Trinajstić information content (AvgIpc) is 2.52. The van der Waals surface area contributed by atoms with Crippen molar-refractivity contribution in [2.45, 2.75) is 39.7 Å². The second kappa shape index (κ2) is 7.17. The van der Waals surface area contributed by atoms with Crippen molar-refractivity contribution in [2.75, 3.05) is 13.2 Å². The summed E-state index contributed by atoms with van der Waals surface area (Å²) in [6, 6.07) is 3.62. The molecule has 2 rings (SSSR count). The van der Waals surface area contributed by atoms with Crippen molar-refractivity contribution in [1.82, 2.24) is 5.32 Å². The van der Waals surface area contributed by atoms with E-state index in [0.29, 0.717) is 6.54 Å². The molecule has 1 aromatic carbocycles. The molecule has 0 radical (unpaired) electrons. The summed E-state index contributed by atoms with van der Waals surface area (Å²) in [6.07, 6.45) is 1.98. The summed E-state index contributed by atoms with van der Waals surface area (Å²) in [5.74, 6) is -0.642. The van der Waals surface area contributed by atoms with Crippen molar-refractivity contribution in [3.8, 4) is 5.75 Å². The molecule has 0 aromatic heterocycles. The van der Waals surface area contributed by atoms with Gasteiger partial charge in [0.05, 0.1) is 11.0 Å². The molecule has 0 spiro atoms. The summed E-state index contributed by atoms with van der Waals surface area (Å²) in [7, 11) is 0. The third-order valence-electron chi connectivity index (χ3n) is 4.26. The molecule has 132 valence electrons. The third kappa shape index (κ3) is 4.23. The van der Waals surface area contributed by atoms with E-state index in [-0.39, 0.29) is 23.0 Å². The number of phenolic OH excluding ortho intramolecular Hbond substituents is 1.